The summed E-state index contributed by atoms with van der Waals surface area (Å²) in [5, 5.41) is 9.99. The molecule has 3 N–H and O–H groups in total. The lowest BCUT2D eigenvalue weighted by Gasteiger charge is -2.06. The molecule has 1 aliphatic rings. The first-order valence-electron chi connectivity index (χ1n) is 9.29. The summed E-state index contributed by atoms with van der Waals surface area (Å²) in [6.07, 6.45) is 3.79. The van der Waals surface area contributed by atoms with Crippen LogP contribution in [0, 0.1) is 0 Å². The number of aromatic nitrogens is 4. The van der Waals surface area contributed by atoms with Crippen molar-refractivity contribution in [2.75, 3.05) is 5.32 Å². The number of pyridine rings is 1. The third kappa shape index (κ3) is 3.47. The zero-order chi connectivity index (χ0) is 19.8. The van der Waals surface area contributed by atoms with Gasteiger partial charge in [-0.05, 0) is 49.2 Å². The van der Waals surface area contributed by atoms with E-state index in [9.17, 15) is 9.59 Å². The number of hydrogen-bond donors (Lipinski definition) is 3. The predicted molar refractivity (Wildman–Crippen MR) is 107 cm³/mol. The third-order valence-corrected chi connectivity index (χ3v) is 4.79. The fraction of sp³-hybridized carbons (Fsp3) is 0.143. The van der Waals surface area contributed by atoms with Crippen LogP contribution in [0.2, 0.25) is 0 Å². The summed E-state index contributed by atoms with van der Waals surface area (Å²) >= 11 is 0. The third-order valence-electron chi connectivity index (χ3n) is 4.79. The summed E-state index contributed by atoms with van der Waals surface area (Å²) in [5.74, 6) is 2.00. The normalized spacial score (nSPS) is 13.4. The number of nitrogens with zero attached hydrogens (tertiary/aromatic N) is 2. The van der Waals surface area contributed by atoms with Crippen LogP contribution < -0.4 is 10.9 Å². The molecule has 0 unspecified atom stereocenters. The van der Waals surface area contributed by atoms with Gasteiger partial charge in [0.2, 0.25) is 0 Å². The van der Waals surface area contributed by atoms with Crippen LogP contribution in [-0.2, 0) is 0 Å². The molecule has 3 aromatic heterocycles. The van der Waals surface area contributed by atoms with Gasteiger partial charge < -0.3 is 14.7 Å². The van der Waals surface area contributed by atoms with Crippen LogP contribution in [0.4, 0.5) is 5.69 Å². The van der Waals surface area contributed by atoms with Gasteiger partial charge in [-0.15, -0.1) is 0 Å². The number of aromatic amines is 2. The number of H-pyrrole nitrogens is 2. The summed E-state index contributed by atoms with van der Waals surface area (Å²) < 4.78 is 5.26. The summed E-state index contributed by atoms with van der Waals surface area (Å²) in [6.45, 7) is 0. The van der Waals surface area contributed by atoms with Gasteiger partial charge in [0.15, 0.2) is 5.82 Å². The number of carbonyl (C=O) groups excluding carboxylic acids is 1. The molecule has 1 amide bonds. The molecule has 1 saturated carbocycles. The molecular weight excluding hydrogens is 370 g/mol. The summed E-state index contributed by atoms with van der Waals surface area (Å²) in [7, 11) is 0. The van der Waals surface area contributed by atoms with Crippen molar-refractivity contribution in [2.24, 2.45) is 0 Å². The van der Waals surface area contributed by atoms with Crippen molar-refractivity contribution in [1.82, 2.24) is 20.2 Å². The van der Waals surface area contributed by atoms with Crippen molar-refractivity contribution in [2.45, 2.75) is 18.8 Å². The first kappa shape index (κ1) is 17.2. The molecule has 5 rings (SSSR count). The second-order valence-electron chi connectivity index (χ2n) is 6.95. The Hall–Kier alpha value is -3.94. The average Bonchev–Trinajstić information content (AvgIpc) is 3.22. The highest BCUT2D eigenvalue weighted by Crippen LogP contribution is 2.38. The van der Waals surface area contributed by atoms with Crippen LogP contribution in [0.1, 0.15) is 34.9 Å². The molecule has 0 bridgehead atoms. The Bertz CT molecular complexity index is 1240. The van der Waals surface area contributed by atoms with Gasteiger partial charge >= 0.3 is 0 Å². The van der Waals surface area contributed by atoms with Gasteiger partial charge in [-0.25, -0.2) is 4.98 Å². The fourth-order valence-electron chi connectivity index (χ4n) is 3.11. The van der Waals surface area contributed by atoms with Crippen LogP contribution in [0.3, 0.4) is 0 Å². The Morgan fingerprint density at radius 3 is 2.79 bits per heavy atom. The molecule has 0 aliphatic heterocycles. The van der Waals surface area contributed by atoms with E-state index >= 15 is 0 Å². The SMILES string of the molecule is O=C(Nc1cccc(-c2n[nH]c(C3CC3)n2)c1)c1ccc(-c2ccco2)[nH]c1=O. The highest BCUT2D eigenvalue weighted by atomic mass is 16.3. The average molecular weight is 387 g/mol. The number of amides is 1. The molecule has 1 aromatic carbocycles. The molecule has 3 heterocycles. The second-order valence-corrected chi connectivity index (χ2v) is 6.95. The van der Waals surface area contributed by atoms with Crippen molar-refractivity contribution in [3.05, 3.63) is 76.5 Å². The van der Waals surface area contributed by atoms with E-state index in [1.165, 1.54) is 12.3 Å². The van der Waals surface area contributed by atoms with E-state index in [-0.39, 0.29) is 5.56 Å². The van der Waals surface area contributed by atoms with E-state index < -0.39 is 11.5 Å². The lowest BCUT2D eigenvalue weighted by molar-refractivity contribution is 0.102. The zero-order valence-electron chi connectivity index (χ0n) is 15.3. The Morgan fingerprint density at radius 1 is 1.14 bits per heavy atom. The van der Waals surface area contributed by atoms with Gasteiger partial charge in [-0.3, -0.25) is 14.7 Å². The van der Waals surface area contributed by atoms with Crippen molar-refractivity contribution in [3.8, 4) is 22.8 Å². The molecule has 1 aliphatic carbocycles. The van der Waals surface area contributed by atoms with E-state index in [1.54, 1.807) is 30.3 Å². The molecule has 29 heavy (non-hydrogen) atoms. The van der Waals surface area contributed by atoms with E-state index in [1.807, 2.05) is 12.1 Å². The maximum atomic E-state index is 12.6. The predicted octanol–water partition coefficient (Wildman–Crippen LogP) is 3.55. The molecule has 0 radical (unpaired) electrons. The summed E-state index contributed by atoms with van der Waals surface area (Å²) in [4.78, 5) is 32.1. The molecule has 8 nitrogen and oxygen atoms in total. The molecule has 0 spiro atoms. The van der Waals surface area contributed by atoms with Gasteiger partial charge in [0, 0.05) is 17.2 Å². The standard InChI is InChI=1S/C21H17N5O3/c27-20(15-8-9-16(23-21(15)28)17-5-2-10-29-17)22-14-4-1-3-13(11-14)19-24-18(25-26-19)12-6-7-12/h1-5,8-12H,6-7H2,(H,22,27)(H,23,28)(H,24,25,26). The van der Waals surface area contributed by atoms with E-state index in [4.69, 9.17) is 4.42 Å². The quantitative estimate of drug-likeness (QED) is 0.484. The Balaban J connectivity index is 1.36. The highest BCUT2D eigenvalue weighted by Gasteiger charge is 2.27. The lowest BCUT2D eigenvalue weighted by Crippen LogP contribution is -2.23. The van der Waals surface area contributed by atoms with Gasteiger partial charge in [-0.2, -0.15) is 5.10 Å². The minimum Gasteiger partial charge on any atom is -0.463 e. The number of nitrogens with one attached hydrogen (secondary N) is 3. The monoisotopic (exact) mass is 387 g/mol. The smallest absolute Gasteiger partial charge is 0.261 e. The first-order chi connectivity index (χ1) is 14.2. The van der Waals surface area contributed by atoms with Crippen LogP contribution in [0.5, 0.6) is 0 Å². The number of furan rings is 1. The van der Waals surface area contributed by atoms with Crippen molar-refractivity contribution < 1.29 is 9.21 Å². The molecule has 8 heteroatoms. The van der Waals surface area contributed by atoms with Crippen molar-refractivity contribution >= 4 is 11.6 Å². The highest BCUT2D eigenvalue weighted by molar-refractivity contribution is 6.04. The molecule has 4 aromatic rings. The van der Waals surface area contributed by atoms with Crippen molar-refractivity contribution in [3.63, 3.8) is 0 Å². The lowest BCUT2D eigenvalue weighted by atomic mass is 10.1. The number of benzene rings is 1. The first-order valence-corrected chi connectivity index (χ1v) is 9.29. The van der Waals surface area contributed by atoms with Crippen LogP contribution in [-0.4, -0.2) is 26.1 Å². The zero-order valence-corrected chi connectivity index (χ0v) is 15.3. The summed E-state index contributed by atoms with van der Waals surface area (Å²) in [5.41, 5.74) is 1.37. The molecule has 1 fully saturated rings. The molecular formula is C21H17N5O3. The van der Waals surface area contributed by atoms with E-state index in [0.717, 1.165) is 24.2 Å². The fourth-order valence-corrected chi connectivity index (χ4v) is 3.11. The minimum atomic E-state index is -0.497. The Labute approximate surface area is 165 Å². The number of rotatable bonds is 5. The Morgan fingerprint density at radius 2 is 2.03 bits per heavy atom. The summed E-state index contributed by atoms with van der Waals surface area (Å²) in [6, 6.07) is 13.8. The largest absolute Gasteiger partial charge is 0.463 e. The van der Waals surface area contributed by atoms with Crippen LogP contribution in [0.25, 0.3) is 22.8 Å². The van der Waals surface area contributed by atoms with Crippen LogP contribution in [0.15, 0.2) is 64.0 Å². The number of hydrogen-bond acceptors (Lipinski definition) is 5. The van der Waals surface area contributed by atoms with Crippen LogP contribution >= 0.6 is 0 Å². The van der Waals surface area contributed by atoms with Gasteiger partial charge in [0.05, 0.1) is 12.0 Å². The maximum Gasteiger partial charge on any atom is 0.261 e. The maximum absolute atomic E-state index is 12.6. The number of carbonyl (C=O) groups is 1. The topological polar surface area (TPSA) is 117 Å². The van der Waals surface area contributed by atoms with Crippen molar-refractivity contribution in [1.29, 1.82) is 0 Å². The van der Waals surface area contributed by atoms with Gasteiger partial charge in [-0.1, -0.05) is 12.1 Å². The second kappa shape index (κ2) is 6.90. The molecule has 0 saturated heterocycles. The molecule has 0 atom stereocenters. The van der Waals surface area contributed by atoms with Gasteiger partial charge in [0.25, 0.3) is 11.5 Å². The van der Waals surface area contributed by atoms with E-state index in [0.29, 0.717) is 28.9 Å². The number of anilines is 1. The van der Waals surface area contributed by atoms with Gasteiger partial charge in [0.1, 0.15) is 17.1 Å². The van der Waals surface area contributed by atoms with E-state index in [2.05, 4.69) is 25.5 Å². The minimum absolute atomic E-state index is 0.0135. The molecule has 144 valence electrons. The Kier molecular flexibility index (Phi) is 4.09.